The Bertz CT molecular complexity index is 1050. The Hall–Kier alpha value is -2.71. The van der Waals surface area contributed by atoms with E-state index in [1.54, 1.807) is 7.11 Å². The highest BCUT2D eigenvalue weighted by atomic mass is 19.1. The number of benzene rings is 1. The second-order valence-electron chi connectivity index (χ2n) is 10.4. The van der Waals surface area contributed by atoms with Gasteiger partial charge in [0.15, 0.2) is 0 Å². The van der Waals surface area contributed by atoms with Crippen molar-refractivity contribution in [3.63, 3.8) is 0 Å². The highest BCUT2D eigenvalue weighted by Crippen LogP contribution is 2.34. The molecule has 2 aromatic rings. The van der Waals surface area contributed by atoms with Gasteiger partial charge in [-0.25, -0.2) is 9.37 Å². The SMILES string of the molecule is COC(=O)C[C@@H](CN1CC[C@@](F)(CCc2ccc3c(n2)NCCC3)C1)c1cccc(OC[C@@H](C)OC)c1. The molecule has 0 spiro atoms. The summed E-state index contributed by atoms with van der Waals surface area (Å²) in [5.74, 6) is 1.29. The monoisotopic (exact) mass is 513 g/mol. The van der Waals surface area contributed by atoms with Crippen LogP contribution < -0.4 is 10.1 Å². The number of aryl methyl sites for hydroxylation is 2. The lowest BCUT2D eigenvalue weighted by Gasteiger charge is -2.25. The summed E-state index contributed by atoms with van der Waals surface area (Å²) in [6.45, 7) is 4.93. The number of ether oxygens (including phenoxy) is 3. The number of alkyl halides is 1. The molecule has 1 saturated heterocycles. The fourth-order valence-corrected chi connectivity index (χ4v) is 5.16. The van der Waals surface area contributed by atoms with Crippen molar-refractivity contribution < 1.29 is 23.4 Å². The molecule has 0 bridgehead atoms. The minimum Gasteiger partial charge on any atom is -0.491 e. The van der Waals surface area contributed by atoms with E-state index in [0.717, 1.165) is 42.2 Å². The largest absolute Gasteiger partial charge is 0.491 e. The average Bonchev–Trinajstić information content (AvgIpc) is 3.30. The van der Waals surface area contributed by atoms with Gasteiger partial charge in [0.05, 0.1) is 19.6 Å². The lowest BCUT2D eigenvalue weighted by molar-refractivity contribution is -0.141. The fourth-order valence-electron chi connectivity index (χ4n) is 5.16. The molecule has 1 aromatic carbocycles. The number of fused-ring (bicyclic) bond motifs is 1. The summed E-state index contributed by atoms with van der Waals surface area (Å²) in [6.07, 6.45) is 3.92. The number of carbonyl (C=O) groups excluding carboxylic acids is 1. The maximum Gasteiger partial charge on any atom is 0.306 e. The van der Waals surface area contributed by atoms with E-state index < -0.39 is 5.67 Å². The van der Waals surface area contributed by atoms with Crippen LogP contribution in [0.3, 0.4) is 0 Å². The zero-order chi connectivity index (χ0) is 26.3. The van der Waals surface area contributed by atoms with E-state index in [1.165, 1.54) is 12.7 Å². The van der Waals surface area contributed by atoms with E-state index in [1.807, 2.05) is 37.3 Å². The van der Waals surface area contributed by atoms with E-state index >= 15 is 4.39 Å². The van der Waals surface area contributed by atoms with Gasteiger partial charge in [0.2, 0.25) is 0 Å². The molecule has 37 heavy (non-hydrogen) atoms. The van der Waals surface area contributed by atoms with Crippen molar-refractivity contribution in [3.05, 3.63) is 53.2 Å². The number of nitrogens with one attached hydrogen (secondary N) is 1. The molecule has 0 radical (unpaired) electrons. The van der Waals surface area contributed by atoms with Crippen molar-refractivity contribution in [1.82, 2.24) is 9.88 Å². The number of esters is 1. The average molecular weight is 514 g/mol. The topological polar surface area (TPSA) is 72.9 Å². The first-order valence-electron chi connectivity index (χ1n) is 13.3. The molecule has 1 fully saturated rings. The first-order valence-corrected chi connectivity index (χ1v) is 13.3. The molecule has 7 nitrogen and oxygen atoms in total. The maximum absolute atomic E-state index is 15.8. The van der Waals surface area contributed by atoms with Crippen molar-refractivity contribution in [1.29, 1.82) is 0 Å². The zero-order valence-electron chi connectivity index (χ0n) is 22.3. The van der Waals surface area contributed by atoms with Crippen molar-refractivity contribution in [2.45, 2.75) is 63.1 Å². The molecule has 0 unspecified atom stereocenters. The highest BCUT2D eigenvalue weighted by molar-refractivity contribution is 5.70. The van der Waals surface area contributed by atoms with Crippen molar-refractivity contribution in [2.75, 3.05) is 52.3 Å². The van der Waals surface area contributed by atoms with Gasteiger partial charge in [-0.1, -0.05) is 18.2 Å². The Morgan fingerprint density at radius 1 is 1.27 bits per heavy atom. The maximum atomic E-state index is 15.8. The van der Waals surface area contributed by atoms with Crippen LogP contribution in [0.5, 0.6) is 5.75 Å². The highest BCUT2D eigenvalue weighted by Gasteiger charge is 2.39. The molecule has 4 rings (SSSR count). The molecule has 2 aliphatic rings. The molecular formula is C29H40FN3O4. The number of hydrogen-bond donors (Lipinski definition) is 1. The summed E-state index contributed by atoms with van der Waals surface area (Å²) >= 11 is 0. The number of methoxy groups -OCH3 is 2. The standard InChI is InChI=1S/C29H40FN3O4/c1-21(35-2)19-37-26-8-4-6-23(16-26)24(17-27(34)36-3)18-33-15-13-29(30,20-33)12-11-25-10-9-22-7-5-14-31-28(22)32-25/h4,6,8-10,16,21,24H,5,7,11-15,17-20H2,1-3H3,(H,31,32)/t21-,24+,29+/m1/s1. The predicted molar refractivity (Wildman–Crippen MR) is 142 cm³/mol. The van der Waals surface area contributed by atoms with Crippen LogP contribution in [0.2, 0.25) is 0 Å². The number of likely N-dealkylation sites (tertiary alicyclic amines) is 1. The van der Waals surface area contributed by atoms with E-state index in [9.17, 15) is 4.79 Å². The van der Waals surface area contributed by atoms with Crippen molar-refractivity contribution in [2.24, 2.45) is 0 Å². The quantitative estimate of drug-likeness (QED) is 0.418. The van der Waals surface area contributed by atoms with Crippen LogP contribution in [0.4, 0.5) is 10.2 Å². The van der Waals surface area contributed by atoms with Gasteiger partial charge in [-0.2, -0.15) is 0 Å². The third-order valence-corrected chi connectivity index (χ3v) is 7.50. The molecule has 0 aliphatic carbocycles. The third-order valence-electron chi connectivity index (χ3n) is 7.50. The smallest absolute Gasteiger partial charge is 0.306 e. The molecular weight excluding hydrogens is 473 g/mol. The van der Waals surface area contributed by atoms with Crippen LogP contribution in [-0.4, -0.2) is 74.6 Å². The Morgan fingerprint density at radius 2 is 2.14 bits per heavy atom. The van der Waals surface area contributed by atoms with Gasteiger partial charge in [0, 0.05) is 44.9 Å². The van der Waals surface area contributed by atoms with Gasteiger partial charge in [0.1, 0.15) is 23.8 Å². The second-order valence-corrected chi connectivity index (χ2v) is 10.4. The minimum absolute atomic E-state index is 0.0235. The van der Waals surface area contributed by atoms with Crippen LogP contribution in [-0.2, 0) is 27.1 Å². The summed E-state index contributed by atoms with van der Waals surface area (Å²) in [5, 5.41) is 3.36. The molecule has 8 heteroatoms. The van der Waals surface area contributed by atoms with E-state index in [-0.39, 0.29) is 24.4 Å². The Balaban J connectivity index is 1.37. The summed E-state index contributed by atoms with van der Waals surface area (Å²) < 4.78 is 31.9. The lowest BCUT2D eigenvalue weighted by atomic mass is 9.94. The van der Waals surface area contributed by atoms with E-state index in [2.05, 4.69) is 16.3 Å². The number of halogens is 1. The summed E-state index contributed by atoms with van der Waals surface area (Å²) in [7, 11) is 3.05. The molecule has 3 heterocycles. The van der Waals surface area contributed by atoms with Gasteiger partial charge in [-0.15, -0.1) is 0 Å². The summed E-state index contributed by atoms with van der Waals surface area (Å²) in [5.41, 5.74) is 1.90. The fraction of sp³-hybridized carbons (Fsp3) is 0.586. The molecule has 3 atom stereocenters. The van der Waals surface area contributed by atoms with Gasteiger partial charge >= 0.3 is 5.97 Å². The Kier molecular flexibility index (Phi) is 9.38. The third kappa shape index (κ3) is 7.65. The number of nitrogens with zero attached hydrogens (tertiary/aromatic N) is 2. The van der Waals surface area contributed by atoms with Gasteiger partial charge in [-0.05, 0) is 68.4 Å². The van der Waals surface area contributed by atoms with Crippen LogP contribution in [0.25, 0.3) is 0 Å². The number of pyridine rings is 1. The minimum atomic E-state index is -1.26. The summed E-state index contributed by atoms with van der Waals surface area (Å²) in [6, 6.07) is 11.9. The van der Waals surface area contributed by atoms with Crippen LogP contribution in [0, 0.1) is 0 Å². The van der Waals surface area contributed by atoms with Crippen molar-refractivity contribution >= 4 is 11.8 Å². The number of hydrogen-bond acceptors (Lipinski definition) is 7. The normalized spacial score (nSPS) is 21.1. The molecule has 0 saturated carbocycles. The molecule has 1 N–H and O–H groups in total. The number of anilines is 1. The lowest BCUT2D eigenvalue weighted by Crippen LogP contribution is -2.33. The van der Waals surface area contributed by atoms with E-state index in [4.69, 9.17) is 19.2 Å². The molecule has 1 aromatic heterocycles. The molecule has 2 aliphatic heterocycles. The first kappa shape index (κ1) is 27.3. The van der Waals surface area contributed by atoms with Gasteiger partial charge < -0.3 is 19.5 Å². The van der Waals surface area contributed by atoms with Crippen LogP contribution in [0.15, 0.2) is 36.4 Å². The Morgan fingerprint density at radius 3 is 2.95 bits per heavy atom. The summed E-state index contributed by atoms with van der Waals surface area (Å²) in [4.78, 5) is 19.1. The predicted octanol–water partition coefficient (Wildman–Crippen LogP) is 4.55. The first-order chi connectivity index (χ1) is 17.9. The number of rotatable bonds is 12. The molecule has 0 amide bonds. The molecule has 202 valence electrons. The zero-order valence-corrected chi connectivity index (χ0v) is 22.3. The number of carbonyl (C=O) groups is 1. The second kappa shape index (κ2) is 12.7. The van der Waals surface area contributed by atoms with Crippen LogP contribution in [0.1, 0.15) is 55.3 Å². The van der Waals surface area contributed by atoms with Gasteiger partial charge in [-0.3, -0.25) is 9.69 Å². The van der Waals surface area contributed by atoms with Crippen molar-refractivity contribution in [3.8, 4) is 5.75 Å². The van der Waals surface area contributed by atoms with Crippen LogP contribution >= 0.6 is 0 Å². The van der Waals surface area contributed by atoms with E-state index in [0.29, 0.717) is 45.5 Å². The Labute approximate surface area is 219 Å². The number of aromatic nitrogens is 1. The van der Waals surface area contributed by atoms with Gasteiger partial charge in [0.25, 0.3) is 0 Å².